The number of amides is 2. The van der Waals surface area contributed by atoms with Crippen LogP contribution in [-0.4, -0.2) is 49.7 Å². The van der Waals surface area contributed by atoms with Gasteiger partial charge < -0.3 is 20.9 Å². The number of nitrogens with two attached hydrogens (primary N) is 1. The van der Waals surface area contributed by atoms with Crippen molar-refractivity contribution in [2.75, 3.05) is 37.6 Å². The fourth-order valence-electron chi connectivity index (χ4n) is 3.70. The Labute approximate surface area is 138 Å². The lowest BCUT2D eigenvalue weighted by molar-refractivity contribution is 0.197. The van der Waals surface area contributed by atoms with E-state index in [0.717, 1.165) is 58.4 Å². The second-order valence-corrected chi connectivity index (χ2v) is 6.72. The molecule has 5 nitrogen and oxygen atoms in total. The number of para-hydroxylation sites is 1. The van der Waals surface area contributed by atoms with Crippen molar-refractivity contribution in [2.24, 2.45) is 11.7 Å². The smallest absolute Gasteiger partial charge is 0.317 e. The average Bonchev–Trinajstić information content (AvgIpc) is 2.89. The van der Waals surface area contributed by atoms with Crippen LogP contribution in [0, 0.1) is 5.92 Å². The van der Waals surface area contributed by atoms with E-state index in [2.05, 4.69) is 34.5 Å². The maximum absolute atomic E-state index is 12.5. The highest BCUT2D eigenvalue weighted by molar-refractivity contribution is 5.74. The predicted octanol–water partition coefficient (Wildman–Crippen LogP) is 2.04. The van der Waals surface area contributed by atoms with E-state index in [0.29, 0.717) is 12.0 Å². The van der Waals surface area contributed by atoms with Gasteiger partial charge in [-0.25, -0.2) is 4.79 Å². The maximum atomic E-state index is 12.5. The molecule has 3 rings (SSSR count). The monoisotopic (exact) mass is 316 g/mol. The molecule has 2 unspecified atom stereocenters. The average molecular weight is 316 g/mol. The number of hydrogen-bond donors (Lipinski definition) is 2. The molecule has 5 heteroatoms. The first kappa shape index (κ1) is 16.1. The van der Waals surface area contributed by atoms with Crippen molar-refractivity contribution in [3.8, 4) is 0 Å². The third-order valence-electron chi connectivity index (χ3n) is 5.11. The standard InChI is InChI=1S/C18H28N4O/c19-14-15-7-8-16(13-15)20-18(23)22-10-4-9-21(11-12-22)17-5-2-1-3-6-17/h1-3,5-6,15-16H,4,7-14,19H2,(H,20,23). The van der Waals surface area contributed by atoms with E-state index in [1.807, 2.05) is 11.0 Å². The van der Waals surface area contributed by atoms with E-state index in [-0.39, 0.29) is 6.03 Å². The number of hydrogen-bond acceptors (Lipinski definition) is 3. The molecule has 2 aliphatic rings. The van der Waals surface area contributed by atoms with Crippen molar-refractivity contribution in [3.05, 3.63) is 30.3 Å². The van der Waals surface area contributed by atoms with E-state index in [1.165, 1.54) is 5.69 Å². The minimum Gasteiger partial charge on any atom is -0.370 e. The maximum Gasteiger partial charge on any atom is 0.317 e. The van der Waals surface area contributed by atoms with Crippen molar-refractivity contribution >= 4 is 11.7 Å². The van der Waals surface area contributed by atoms with Crippen LogP contribution in [0.1, 0.15) is 25.7 Å². The zero-order chi connectivity index (χ0) is 16.1. The molecule has 3 N–H and O–H groups in total. The summed E-state index contributed by atoms with van der Waals surface area (Å²) in [6.07, 6.45) is 4.26. The molecule has 1 heterocycles. The molecule has 0 bridgehead atoms. The molecule has 126 valence electrons. The molecule has 1 aromatic carbocycles. The summed E-state index contributed by atoms with van der Waals surface area (Å²) < 4.78 is 0. The van der Waals surface area contributed by atoms with E-state index in [9.17, 15) is 4.79 Å². The van der Waals surface area contributed by atoms with Gasteiger partial charge in [-0.1, -0.05) is 18.2 Å². The third kappa shape index (κ3) is 4.16. The first-order valence-electron chi connectivity index (χ1n) is 8.82. The van der Waals surface area contributed by atoms with Crippen LogP contribution in [0.5, 0.6) is 0 Å². The first-order valence-corrected chi connectivity index (χ1v) is 8.82. The van der Waals surface area contributed by atoms with Crippen LogP contribution in [0.2, 0.25) is 0 Å². The van der Waals surface area contributed by atoms with Gasteiger partial charge in [0.1, 0.15) is 0 Å². The molecule has 0 spiro atoms. The summed E-state index contributed by atoms with van der Waals surface area (Å²) in [6.45, 7) is 4.26. The van der Waals surface area contributed by atoms with Gasteiger partial charge in [0.05, 0.1) is 0 Å². The van der Waals surface area contributed by atoms with Crippen molar-refractivity contribution in [3.63, 3.8) is 0 Å². The number of carbonyl (C=O) groups is 1. The molecule has 23 heavy (non-hydrogen) atoms. The Kier molecular flexibility index (Phi) is 5.39. The second kappa shape index (κ2) is 7.68. The Morgan fingerprint density at radius 2 is 1.96 bits per heavy atom. The molecule has 2 atom stereocenters. The van der Waals surface area contributed by atoms with Gasteiger partial charge in [-0.3, -0.25) is 0 Å². The number of carbonyl (C=O) groups excluding carboxylic acids is 1. The number of nitrogens with zero attached hydrogens (tertiary/aromatic N) is 2. The molecule has 2 fully saturated rings. The molecule has 1 aliphatic heterocycles. The predicted molar refractivity (Wildman–Crippen MR) is 93.6 cm³/mol. The van der Waals surface area contributed by atoms with Crippen molar-refractivity contribution in [1.29, 1.82) is 0 Å². The van der Waals surface area contributed by atoms with Gasteiger partial charge in [-0.2, -0.15) is 0 Å². The number of rotatable bonds is 3. The summed E-state index contributed by atoms with van der Waals surface area (Å²) in [6, 6.07) is 10.9. The summed E-state index contributed by atoms with van der Waals surface area (Å²) in [7, 11) is 0. The van der Waals surface area contributed by atoms with Gasteiger partial charge in [0.25, 0.3) is 0 Å². The largest absolute Gasteiger partial charge is 0.370 e. The molecule has 1 aromatic rings. The Bertz CT molecular complexity index is 507. The van der Waals surface area contributed by atoms with Gasteiger partial charge in [0.2, 0.25) is 0 Å². The number of nitrogens with one attached hydrogen (secondary N) is 1. The van der Waals surface area contributed by atoms with Crippen molar-refractivity contribution in [1.82, 2.24) is 10.2 Å². The lowest BCUT2D eigenvalue weighted by atomic mass is 10.1. The number of benzene rings is 1. The lowest BCUT2D eigenvalue weighted by Gasteiger charge is -2.25. The first-order chi connectivity index (χ1) is 11.3. The Morgan fingerprint density at radius 3 is 2.70 bits per heavy atom. The third-order valence-corrected chi connectivity index (χ3v) is 5.11. The fraction of sp³-hybridized carbons (Fsp3) is 0.611. The lowest BCUT2D eigenvalue weighted by Crippen LogP contribution is -2.45. The summed E-state index contributed by atoms with van der Waals surface area (Å²) in [5.74, 6) is 0.581. The molecule has 1 saturated carbocycles. The molecule has 2 amide bonds. The summed E-state index contributed by atoms with van der Waals surface area (Å²) in [4.78, 5) is 16.8. The minimum atomic E-state index is 0.0996. The normalized spacial score (nSPS) is 25.3. The molecule has 1 saturated heterocycles. The summed E-state index contributed by atoms with van der Waals surface area (Å²) >= 11 is 0. The summed E-state index contributed by atoms with van der Waals surface area (Å²) in [5.41, 5.74) is 6.98. The van der Waals surface area contributed by atoms with Crippen LogP contribution in [0.25, 0.3) is 0 Å². The van der Waals surface area contributed by atoms with E-state index in [1.54, 1.807) is 0 Å². The SMILES string of the molecule is NCC1CCC(NC(=O)N2CCCN(c3ccccc3)CC2)C1. The molecular formula is C18H28N4O. The Balaban J connectivity index is 1.50. The molecule has 1 aliphatic carbocycles. The van der Waals surface area contributed by atoms with Gasteiger partial charge >= 0.3 is 6.03 Å². The second-order valence-electron chi connectivity index (χ2n) is 6.72. The van der Waals surface area contributed by atoms with Gasteiger partial charge in [-0.05, 0) is 50.3 Å². The topological polar surface area (TPSA) is 61.6 Å². The van der Waals surface area contributed by atoms with Crippen LogP contribution >= 0.6 is 0 Å². The molecule has 0 radical (unpaired) electrons. The van der Waals surface area contributed by atoms with Crippen molar-refractivity contribution < 1.29 is 4.79 Å². The Hall–Kier alpha value is -1.75. The highest BCUT2D eigenvalue weighted by Crippen LogP contribution is 2.24. The van der Waals surface area contributed by atoms with Crippen LogP contribution < -0.4 is 16.0 Å². The Morgan fingerprint density at radius 1 is 1.13 bits per heavy atom. The van der Waals surface area contributed by atoms with Gasteiger partial charge in [0.15, 0.2) is 0 Å². The number of urea groups is 1. The molecule has 0 aromatic heterocycles. The van der Waals surface area contributed by atoms with E-state index < -0.39 is 0 Å². The quantitative estimate of drug-likeness (QED) is 0.897. The van der Waals surface area contributed by atoms with Crippen LogP contribution in [0.3, 0.4) is 0 Å². The van der Waals surface area contributed by atoms with Gasteiger partial charge in [-0.15, -0.1) is 0 Å². The van der Waals surface area contributed by atoms with Crippen molar-refractivity contribution in [2.45, 2.75) is 31.7 Å². The van der Waals surface area contributed by atoms with Gasteiger partial charge in [0, 0.05) is 37.9 Å². The van der Waals surface area contributed by atoms with Crippen LogP contribution in [0.15, 0.2) is 30.3 Å². The summed E-state index contributed by atoms with van der Waals surface area (Å²) in [5, 5.41) is 3.21. The number of anilines is 1. The zero-order valence-corrected chi connectivity index (χ0v) is 13.8. The van der Waals surface area contributed by atoms with Crippen LogP contribution in [0.4, 0.5) is 10.5 Å². The van der Waals surface area contributed by atoms with Crippen LogP contribution in [-0.2, 0) is 0 Å². The van der Waals surface area contributed by atoms with E-state index >= 15 is 0 Å². The minimum absolute atomic E-state index is 0.0996. The molecular weight excluding hydrogens is 288 g/mol. The fourth-order valence-corrected chi connectivity index (χ4v) is 3.70. The van der Waals surface area contributed by atoms with E-state index in [4.69, 9.17) is 5.73 Å². The highest BCUT2D eigenvalue weighted by atomic mass is 16.2. The zero-order valence-electron chi connectivity index (χ0n) is 13.8. The highest BCUT2D eigenvalue weighted by Gasteiger charge is 2.27.